The Kier molecular flexibility index (Phi) is 9.26. The summed E-state index contributed by atoms with van der Waals surface area (Å²) in [6, 6.07) is 6.90. The summed E-state index contributed by atoms with van der Waals surface area (Å²) in [7, 11) is 1.00. The van der Waals surface area contributed by atoms with Gasteiger partial charge in [-0.1, -0.05) is 19.1 Å². The average Bonchev–Trinajstić information content (AvgIpc) is 2.68. The summed E-state index contributed by atoms with van der Waals surface area (Å²) in [5, 5.41) is 15.9. The minimum absolute atomic E-state index is 0.132. The number of para-hydroxylation sites is 1. The molecule has 0 radical (unpaired) electrons. The van der Waals surface area contributed by atoms with Crippen LogP contribution in [-0.2, 0) is 4.74 Å². The van der Waals surface area contributed by atoms with E-state index in [0.717, 1.165) is 13.5 Å². The second-order valence-corrected chi connectivity index (χ2v) is 4.84. The number of nitrogens with one attached hydrogen (secondary N) is 2. The fraction of sp³-hybridized carbons (Fsp3) is 0.353. The van der Waals surface area contributed by atoms with Gasteiger partial charge in [-0.2, -0.15) is 4.98 Å². The predicted molar refractivity (Wildman–Crippen MR) is 100 cm³/mol. The van der Waals surface area contributed by atoms with Gasteiger partial charge in [-0.3, -0.25) is 0 Å². The number of aliphatic hydroxyl groups excluding tert-OH is 1. The van der Waals surface area contributed by atoms with Gasteiger partial charge < -0.3 is 20.5 Å². The van der Waals surface area contributed by atoms with E-state index in [2.05, 4.69) is 25.8 Å². The van der Waals surface area contributed by atoms with Crippen molar-refractivity contribution in [3.05, 3.63) is 40.9 Å². The van der Waals surface area contributed by atoms with Gasteiger partial charge in [0, 0.05) is 13.7 Å². The first kappa shape index (κ1) is 21.0. The number of nitroso groups, excluding NO2 is 1. The molecule has 0 atom stereocenters. The third-order valence-electron chi connectivity index (χ3n) is 3.08. The van der Waals surface area contributed by atoms with Gasteiger partial charge in [0.1, 0.15) is 0 Å². The van der Waals surface area contributed by atoms with Gasteiger partial charge in [0.2, 0.25) is 5.95 Å². The summed E-state index contributed by atoms with van der Waals surface area (Å²) in [6.45, 7) is 4.68. The van der Waals surface area contributed by atoms with Crippen LogP contribution in [0.5, 0.6) is 0 Å². The first-order valence-corrected chi connectivity index (χ1v) is 8.11. The van der Waals surface area contributed by atoms with Crippen molar-refractivity contribution in [3.8, 4) is 0 Å². The summed E-state index contributed by atoms with van der Waals surface area (Å²) < 4.78 is 5.03. The first-order valence-electron chi connectivity index (χ1n) is 8.11. The van der Waals surface area contributed by atoms with Gasteiger partial charge in [-0.25, -0.2) is 9.78 Å². The largest absolute Gasteiger partial charge is 0.462 e. The van der Waals surface area contributed by atoms with E-state index in [0.29, 0.717) is 23.6 Å². The van der Waals surface area contributed by atoms with Crippen LogP contribution in [0.3, 0.4) is 0 Å². The van der Waals surface area contributed by atoms with Crippen LogP contribution in [0.1, 0.15) is 30.6 Å². The number of nitrogens with zero attached hydrogens (tertiary/aromatic N) is 3. The number of hydrogen-bond donors (Lipinski definition) is 3. The molecule has 26 heavy (non-hydrogen) atoms. The number of benzene rings is 1. The van der Waals surface area contributed by atoms with Crippen LogP contribution >= 0.6 is 0 Å². The Morgan fingerprint density at radius 1 is 1.27 bits per heavy atom. The summed E-state index contributed by atoms with van der Waals surface area (Å²) in [5.74, 6) is 0.159. The maximum absolute atomic E-state index is 12.0. The molecule has 0 aliphatic carbocycles. The van der Waals surface area contributed by atoms with E-state index in [1.54, 1.807) is 31.2 Å². The van der Waals surface area contributed by atoms with Crippen LogP contribution in [0.25, 0.3) is 0 Å². The Labute approximate surface area is 151 Å². The van der Waals surface area contributed by atoms with Gasteiger partial charge in [-0.05, 0) is 30.7 Å². The molecule has 1 aromatic carbocycles. The fourth-order valence-electron chi connectivity index (χ4n) is 1.98. The van der Waals surface area contributed by atoms with Crippen molar-refractivity contribution in [2.75, 3.05) is 30.9 Å². The molecule has 9 heteroatoms. The Morgan fingerprint density at radius 3 is 2.65 bits per heavy atom. The van der Waals surface area contributed by atoms with E-state index in [-0.39, 0.29) is 18.2 Å². The van der Waals surface area contributed by atoms with Crippen LogP contribution in [0.4, 0.5) is 23.1 Å². The van der Waals surface area contributed by atoms with E-state index in [4.69, 9.17) is 9.84 Å². The summed E-state index contributed by atoms with van der Waals surface area (Å²) in [6.07, 6.45) is 2.20. The molecule has 0 saturated carbocycles. The van der Waals surface area contributed by atoms with E-state index in [9.17, 15) is 9.70 Å². The van der Waals surface area contributed by atoms with Gasteiger partial charge in [-0.15, -0.1) is 4.91 Å². The van der Waals surface area contributed by atoms with Crippen molar-refractivity contribution in [1.82, 2.24) is 9.97 Å². The Morgan fingerprint density at radius 2 is 2.00 bits per heavy atom. The molecular weight excluding hydrogens is 338 g/mol. The SMILES string of the molecule is CCCNc1nc(Nc2ccccc2C(=O)OCC)ncc1N=O.CO. The lowest BCUT2D eigenvalue weighted by Crippen LogP contribution is -2.09. The molecular formula is C17H23N5O4. The summed E-state index contributed by atoms with van der Waals surface area (Å²) in [4.78, 5) is 31.1. The van der Waals surface area contributed by atoms with Crippen molar-refractivity contribution in [2.24, 2.45) is 5.18 Å². The van der Waals surface area contributed by atoms with Crippen LogP contribution in [0, 0.1) is 4.91 Å². The number of aliphatic hydroxyl groups is 1. The maximum Gasteiger partial charge on any atom is 0.340 e. The molecule has 0 unspecified atom stereocenters. The molecule has 9 nitrogen and oxygen atoms in total. The zero-order chi connectivity index (χ0) is 19.4. The van der Waals surface area contributed by atoms with Gasteiger partial charge >= 0.3 is 5.97 Å². The Balaban J connectivity index is 0.00000163. The molecule has 0 aliphatic heterocycles. The summed E-state index contributed by atoms with van der Waals surface area (Å²) in [5.41, 5.74) is 1.03. The monoisotopic (exact) mass is 361 g/mol. The molecule has 0 saturated heterocycles. The zero-order valence-corrected chi connectivity index (χ0v) is 15.0. The molecule has 0 aliphatic rings. The number of ether oxygens (including phenoxy) is 1. The Bertz CT molecular complexity index is 724. The lowest BCUT2D eigenvalue weighted by atomic mass is 10.2. The highest BCUT2D eigenvalue weighted by molar-refractivity contribution is 5.96. The average molecular weight is 361 g/mol. The molecule has 1 aromatic heterocycles. The second-order valence-electron chi connectivity index (χ2n) is 4.84. The maximum atomic E-state index is 12.0. The number of hydrogen-bond acceptors (Lipinski definition) is 9. The molecule has 2 rings (SSSR count). The molecule has 0 fully saturated rings. The van der Waals surface area contributed by atoms with E-state index in [1.807, 2.05) is 6.92 Å². The molecule has 0 spiro atoms. The zero-order valence-electron chi connectivity index (χ0n) is 15.0. The van der Waals surface area contributed by atoms with Crippen LogP contribution in [-0.4, -0.2) is 41.3 Å². The van der Waals surface area contributed by atoms with Crippen molar-refractivity contribution in [3.63, 3.8) is 0 Å². The smallest absolute Gasteiger partial charge is 0.340 e. The lowest BCUT2D eigenvalue weighted by molar-refractivity contribution is 0.0527. The van der Waals surface area contributed by atoms with E-state index < -0.39 is 5.97 Å². The highest BCUT2D eigenvalue weighted by Crippen LogP contribution is 2.25. The number of carbonyl (C=O) groups excluding carboxylic acids is 1. The minimum Gasteiger partial charge on any atom is -0.462 e. The van der Waals surface area contributed by atoms with Crippen molar-refractivity contribution in [1.29, 1.82) is 0 Å². The number of aromatic nitrogens is 2. The highest BCUT2D eigenvalue weighted by atomic mass is 16.5. The van der Waals surface area contributed by atoms with Crippen molar-refractivity contribution < 1.29 is 14.6 Å². The number of esters is 1. The van der Waals surface area contributed by atoms with Crippen LogP contribution in [0.2, 0.25) is 0 Å². The van der Waals surface area contributed by atoms with E-state index in [1.165, 1.54) is 6.20 Å². The molecule has 1 heterocycles. The standard InChI is InChI=1S/C16H19N5O3.CH4O/c1-3-9-17-14-13(21-23)10-18-16(20-14)19-12-8-6-5-7-11(12)15(22)24-4-2;1-2/h5-8,10H,3-4,9H2,1-2H3,(H2,17,18,19,20);2H,1H3. The normalized spacial score (nSPS) is 9.54. The highest BCUT2D eigenvalue weighted by Gasteiger charge is 2.14. The first-order chi connectivity index (χ1) is 12.7. The molecule has 140 valence electrons. The molecule has 2 aromatic rings. The lowest BCUT2D eigenvalue weighted by Gasteiger charge is -2.11. The van der Waals surface area contributed by atoms with Gasteiger partial charge in [0.15, 0.2) is 11.5 Å². The molecule has 3 N–H and O–H groups in total. The number of rotatable bonds is 8. The van der Waals surface area contributed by atoms with Crippen molar-refractivity contribution >= 4 is 29.1 Å². The van der Waals surface area contributed by atoms with Crippen molar-refractivity contribution in [2.45, 2.75) is 20.3 Å². The van der Waals surface area contributed by atoms with Gasteiger partial charge in [0.05, 0.1) is 24.1 Å². The Hall–Kier alpha value is -3.07. The van der Waals surface area contributed by atoms with Gasteiger partial charge in [0.25, 0.3) is 0 Å². The fourth-order valence-corrected chi connectivity index (χ4v) is 1.98. The molecule has 0 amide bonds. The third kappa shape index (κ3) is 5.78. The summed E-state index contributed by atoms with van der Waals surface area (Å²) >= 11 is 0. The van der Waals surface area contributed by atoms with Crippen LogP contribution in [0.15, 0.2) is 35.6 Å². The quantitative estimate of drug-likeness (QED) is 0.483. The second kappa shape index (κ2) is 11.5. The molecule has 0 bridgehead atoms. The number of anilines is 3. The van der Waals surface area contributed by atoms with E-state index >= 15 is 0 Å². The minimum atomic E-state index is -0.434. The number of carbonyl (C=O) groups is 1. The topological polar surface area (TPSA) is 126 Å². The predicted octanol–water partition coefficient (Wildman–Crippen LogP) is 3.23. The third-order valence-corrected chi connectivity index (χ3v) is 3.08. The van der Waals surface area contributed by atoms with Crippen LogP contribution < -0.4 is 10.6 Å².